The molecule has 16 heavy (non-hydrogen) atoms. The summed E-state index contributed by atoms with van der Waals surface area (Å²) in [5.74, 6) is 0. The Morgan fingerprint density at radius 1 is 0.938 bits per heavy atom. The van der Waals surface area contributed by atoms with E-state index in [4.69, 9.17) is 0 Å². The topological polar surface area (TPSA) is 21.1 Å². The predicted octanol–water partition coefficient (Wildman–Crippen LogP) is 0.338. The first-order valence-electron chi connectivity index (χ1n) is 7.46. The normalized spacial score (nSPS) is 41.6. The lowest BCUT2D eigenvalue weighted by Gasteiger charge is -2.37. The van der Waals surface area contributed by atoms with Crippen LogP contribution in [-0.2, 0) is 0 Å². The largest absolute Gasteiger partial charge is 0.339 e. The summed E-state index contributed by atoms with van der Waals surface area (Å²) in [4.78, 5) is 1.90. The lowest BCUT2D eigenvalue weighted by atomic mass is 9.96. The standard InChI is InChI=1S/C14H28N2/c1-12-7-6-8-13(2)16(12)11-14-9-4-3-5-10-15-14/h12-15H,3-11H2,1-2H3/p+2/t12-,13+,14-/m1/s1. The van der Waals surface area contributed by atoms with Gasteiger partial charge in [0.05, 0.1) is 18.6 Å². The van der Waals surface area contributed by atoms with Crippen molar-refractivity contribution in [1.29, 1.82) is 0 Å². The van der Waals surface area contributed by atoms with Gasteiger partial charge >= 0.3 is 0 Å². The summed E-state index contributed by atoms with van der Waals surface area (Å²) in [6.45, 7) is 7.71. The van der Waals surface area contributed by atoms with Crippen molar-refractivity contribution in [3.63, 3.8) is 0 Å². The molecule has 2 heteroatoms. The summed E-state index contributed by atoms with van der Waals surface area (Å²) in [6, 6.07) is 2.72. The molecule has 2 fully saturated rings. The molecule has 94 valence electrons. The van der Waals surface area contributed by atoms with Crippen LogP contribution in [0.15, 0.2) is 0 Å². The Morgan fingerprint density at radius 3 is 2.44 bits per heavy atom. The van der Waals surface area contributed by atoms with Crippen molar-refractivity contribution in [2.24, 2.45) is 0 Å². The lowest BCUT2D eigenvalue weighted by molar-refractivity contribution is -0.965. The molecule has 3 N–H and O–H groups in total. The number of likely N-dealkylation sites (tertiary alicyclic amines) is 1. The molecule has 2 saturated heterocycles. The van der Waals surface area contributed by atoms with Crippen LogP contribution in [0.3, 0.4) is 0 Å². The highest BCUT2D eigenvalue weighted by molar-refractivity contribution is 4.65. The molecule has 2 aliphatic heterocycles. The van der Waals surface area contributed by atoms with Crippen molar-refractivity contribution >= 4 is 0 Å². The van der Waals surface area contributed by atoms with E-state index in [2.05, 4.69) is 19.2 Å². The summed E-state index contributed by atoms with van der Waals surface area (Å²) in [7, 11) is 0. The Bertz CT molecular complexity index is 187. The van der Waals surface area contributed by atoms with Gasteiger partial charge in [-0.05, 0) is 52.4 Å². The van der Waals surface area contributed by atoms with E-state index in [1.54, 1.807) is 0 Å². The zero-order valence-corrected chi connectivity index (χ0v) is 11.2. The van der Waals surface area contributed by atoms with Gasteiger partial charge in [0.1, 0.15) is 12.6 Å². The number of hydrogen-bond acceptors (Lipinski definition) is 0. The fraction of sp³-hybridized carbons (Fsp3) is 1.00. The minimum atomic E-state index is 0.903. The highest BCUT2D eigenvalue weighted by atomic mass is 15.2. The summed E-state index contributed by atoms with van der Waals surface area (Å²) < 4.78 is 0. The molecule has 0 bridgehead atoms. The molecule has 0 saturated carbocycles. The maximum Gasteiger partial charge on any atom is 0.135 e. The fourth-order valence-corrected chi connectivity index (χ4v) is 3.68. The second-order valence-corrected chi connectivity index (χ2v) is 6.15. The molecule has 2 heterocycles. The molecule has 0 amide bonds. The molecule has 0 radical (unpaired) electrons. The molecule has 0 aromatic rings. The first kappa shape index (κ1) is 12.4. The number of rotatable bonds is 2. The highest BCUT2D eigenvalue weighted by Gasteiger charge is 2.31. The van der Waals surface area contributed by atoms with Crippen LogP contribution in [0.2, 0.25) is 0 Å². The lowest BCUT2D eigenvalue weighted by Crippen LogP contribution is -3.22. The second kappa shape index (κ2) is 6.02. The Hall–Kier alpha value is -0.0800. The van der Waals surface area contributed by atoms with Crippen LogP contribution in [0, 0.1) is 0 Å². The number of nitrogens with one attached hydrogen (secondary N) is 1. The van der Waals surface area contributed by atoms with Crippen molar-refractivity contribution in [3.8, 4) is 0 Å². The van der Waals surface area contributed by atoms with Crippen LogP contribution in [-0.4, -0.2) is 31.2 Å². The molecule has 0 aliphatic carbocycles. The van der Waals surface area contributed by atoms with E-state index in [1.165, 1.54) is 58.0 Å². The van der Waals surface area contributed by atoms with E-state index in [-0.39, 0.29) is 0 Å². The van der Waals surface area contributed by atoms with Gasteiger partial charge in [0.25, 0.3) is 0 Å². The minimum absolute atomic E-state index is 0.903. The zero-order chi connectivity index (χ0) is 11.4. The van der Waals surface area contributed by atoms with Crippen LogP contribution in [0.25, 0.3) is 0 Å². The van der Waals surface area contributed by atoms with Crippen LogP contribution in [0.1, 0.15) is 58.8 Å². The van der Waals surface area contributed by atoms with Crippen molar-refractivity contribution < 1.29 is 10.2 Å². The average Bonchev–Trinajstić information content (AvgIpc) is 2.52. The molecule has 4 atom stereocenters. The SMILES string of the molecule is C[C@@H]1CCC[C@H](C)[NH+]1C[C@H]1CCCCC[NH2+]1. The third kappa shape index (κ3) is 3.21. The van der Waals surface area contributed by atoms with E-state index in [1.807, 2.05) is 4.90 Å². The molecule has 0 spiro atoms. The Labute approximate surface area is 101 Å². The van der Waals surface area contributed by atoms with Gasteiger partial charge in [-0.3, -0.25) is 0 Å². The average molecular weight is 226 g/mol. The smallest absolute Gasteiger partial charge is 0.135 e. The molecular weight excluding hydrogens is 196 g/mol. The van der Waals surface area contributed by atoms with E-state index in [0.717, 1.165) is 18.1 Å². The third-order valence-corrected chi connectivity index (χ3v) is 4.82. The van der Waals surface area contributed by atoms with E-state index in [0.29, 0.717) is 0 Å². The molecule has 0 aromatic heterocycles. The first-order chi connectivity index (χ1) is 7.77. The maximum absolute atomic E-state index is 2.63. The molecule has 2 aliphatic rings. The minimum Gasteiger partial charge on any atom is -0.339 e. The predicted molar refractivity (Wildman–Crippen MR) is 67.7 cm³/mol. The van der Waals surface area contributed by atoms with Crippen molar-refractivity contribution in [3.05, 3.63) is 0 Å². The maximum atomic E-state index is 2.63. The molecular formula is C14H30N2+2. The molecule has 1 unspecified atom stereocenters. The highest BCUT2D eigenvalue weighted by Crippen LogP contribution is 2.08. The Kier molecular flexibility index (Phi) is 4.66. The van der Waals surface area contributed by atoms with Crippen molar-refractivity contribution in [2.75, 3.05) is 13.1 Å². The number of hydrogen-bond donors (Lipinski definition) is 2. The summed E-state index contributed by atoms with van der Waals surface area (Å²) in [5, 5.41) is 2.63. The Balaban J connectivity index is 1.85. The van der Waals surface area contributed by atoms with Crippen molar-refractivity contribution in [2.45, 2.75) is 76.9 Å². The summed E-state index contributed by atoms with van der Waals surface area (Å²) >= 11 is 0. The van der Waals surface area contributed by atoms with Gasteiger partial charge in [-0.1, -0.05) is 0 Å². The van der Waals surface area contributed by atoms with Gasteiger partial charge in [-0.2, -0.15) is 0 Å². The van der Waals surface area contributed by atoms with Gasteiger partial charge in [-0.25, -0.2) is 0 Å². The zero-order valence-electron chi connectivity index (χ0n) is 11.2. The number of nitrogens with two attached hydrogens (primary N) is 1. The van der Waals surface area contributed by atoms with Gasteiger partial charge in [-0.15, -0.1) is 0 Å². The van der Waals surface area contributed by atoms with Gasteiger partial charge in [0.15, 0.2) is 0 Å². The molecule has 0 aromatic carbocycles. The van der Waals surface area contributed by atoms with Crippen LogP contribution in [0.4, 0.5) is 0 Å². The van der Waals surface area contributed by atoms with Crippen LogP contribution in [0.5, 0.6) is 0 Å². The number of piperidine rings is 1. The van der Waals surface area contributed by atoms with Crippen LogP contribution >= 0.6 is 0 Å². The van der Waals surface area contributed by atoms with E-state index >= 15 is 0 Å². The fourth-order valence-electron chi connectivity index (χ4n) is 3.68. The third-order valence-electron chi connectivity index (χ3n) is 4.82. The number of quaternary nitrogens is 2. The Morgan fingerprint density at radius 2 is 1.69 bits per heavy atom. The van der Waals surface area contributed by atoms with Crippen LogP contribution < -0.4 is 10.2 Å². The second-order valence-electron chi connectivity index (χ2n) is 6.15. The van der Waals surface area contributed by atoms with Gasteiger partial charge < -0.3 is 10.2 Å². The van der Waals surface area contributed by atoms with E-state index < -0.39 is 0 Å². The van der Waals surface area contributed by atoms with Crippen molar-refractivity contribution in [1.82, 2.24) is 0 Å². The van der Waals surface area contributed by atoms with Gasteiger partial charge in [0.2, 0.25) is 0 Å². The molecule has 2 rings (SSSR count). The monoisotopic (exact) mass is 226 g/mol. The van der Waals surface area contributed by atoms with E-state index in [9.17, 15) is 0 Å². The molecule has 2 nitrogen and oxygen atoms in total. The quantitative estimate of drug-likeness (QED) is 0.677. The summed E-state index contributed by atoms with van der Waals surface area (Å²) in [6.07, 6.45) is 10.2. The van der Waals surface area contributed by atoms with Gasteiger partial charge in [0, 0.05) is 6.42 Å². The first-order valence-corrected chi connectivity index (χ1v) is 7.46. The summed E-state index contributed by atoms with van der Waals surface area (Å²) in [5.41, 5.74) is 0.